The normalized spacial score (nSPS) is 11.5. The van der Waals surface area contributed by atoms with Gasteiger partial charge < -0.3 is 24.2 Å². The van der Waals surface area contributed by atoms with E-state index in [2.05, 4.69) is 15.0 Å². The molecule has 0 saturated carbocycles. The van der Waals surface area contributed by atoms with E-state index in [1.54, 1.807) is 18.2 Å². The second kappa shape index (κ2) is 8.89. The maximum absolute atomic E-state index is 13.2. The van der Waals surface area contributed by atoms with E-state index in [9.17, 15) is 9.59 Å². The lowest BCUT2D eigenvalue weighted by Gasteiger charge is -2.29. The number of anilines is 1. The van der Waals surface area contributed by atoms with Crippen LogP contribution in [0, 0.1) is 0 Å². The zero-order valence-corrected chi connectivity index (χ0v) is 15.3. The summed E-state index contributed by atoms with van der Waals surface area (Å²) < 4.78 is 15.3. The Morgan fingerprint density at radius 2 is 1.88 bits per heavy atom. The average Bonchev–Trinajstić information content (AvgIpc) is 3.16. The van der Waals surface area contributed by atoms with Gasteiger partial charge in [-0.3, -0.25) is 9.59 Å². The number of ether oxygens (including phenoxy) is 2. The van der Waals surface area contributed by atoms with Crippen molar-refractivity contribution in [3.63, 3.8) is 0 Å². The van der Waals surface area contributed by atoms with Crippen molar-refractivity contribution in [3.05, 3.63) is 36.1 Å². The van der Waals surface area contributed by atoms with Gasteiger partial charge in [0.15, 0.2) is 5.82 Å². The number of nitrogens with one attached hydrogen (secondary N) is 1. The SMILES string of the molecule is CC[C@H](C)N(CC(=O)Nc1ccon1)C(=O)c1c(OC)cccc1OC. The van der Waals surface area contributed by atoms with E-state index >= 15 is 0 Å². The van der Waals surface area contributed by atoms with E-state index in [0.717, 1.165) is 0 Å². The second-order valence-electron chi connectivity index (χ2n) is 5.66. The van der Waals surface area contributed by atoms with Crippen LogP contribution in [-0.4, -0.2) is 48.7 Å². The molecule has 26 heavy (non-hydrogen) atoms. The molecule has 0 aliphatic carbocycles. The van der Waals surface area contributed by atoms with E-state index in [4.69, 9.17) is 9.47 Å². The molecule has 1 heterocycles. The van der Waals surface area contributed by atoms with Crippen LogP contribution in [0.4, 0.5) is 5.82 Å². The van der Waals surface area contributed by atoms with Crippen LogP contribution in [0.3, 0.4) is 0 Å². The molecule has 1 N–H and O–H groups in total. The molecular weight excluding hydrogens is 338 g/mol. The standard InChI is InChI=1S/C18H23N3O5/c1-5-12(2)21(11-16(22)19-15-9-10-26-20-15)18(23)17-13(24-3)7-6-8-14(17)25-4/h6-10,12H,5,11H2,1-4H3,(H,19,20,22)/t12-/m0/s1. The summed E-state index contributed by atoms with van der Waals surface area (Å²) in [6.45, 7) is 3.69. The number of methoxy groups -OCH3 is 2. The minimum absolute atomic E-state index is 0.137. The first-order chi connectivity index (χ1) is 12.5. The number of hydrogen-bond acceptors (Lipinski definition) is 6. The van der Waals surface area contributed by atoms with Crippen LogP contribution in [-0.2, 0) is 4.79 Å². The molecule has 2 aromatic rings. The van der Waals surface area contributed by atoms with E-state index in [-0.39, 0.29) is 30.0 Å². The molecule has 1 atom stereocenters. The van der Waals surface area contributed by atoms with Gasteiger partial charge in [0.2, 0.25) is 5.91 Å². The van der Waals surface area contributed by atoms with Gasteiger partial charge >= 0.3 is 0 Å². The van der Waals surface area contributed by atoms with Gasteiger partial charge in [0.25, 0.3) is 5.91 Å². The van der Waals surface area contributed by atoms with Crippen LogP contribution in [0.15, 0.2) is 35.1 Å². The van der Waals surface area contributed by atoms with E-state index in [0.29, 0.717) is 23.7 Å². The highest BCUT2D eigenvalue weighted by molar-refractivity contribution is 6.02. The largest absolute Gasteiger partial charge is 0.496 e. The fraction of sp³-hybridized carbons (Fsp3) is 0.389. The lowest BCUT2D eigenvalue weighted by atomic mass is 10.1. The third-order valence-electron chi connectivity index (χ3n) is 4.04. The fourth-order valence-corrected chi connectivity index (χ4v) is 2.47. The summed E-state index contributed by atoms with van der Waals surface area (Å²) in [7, 11) is 2.97. The Hall–Kier alpha value is -3.03. The Kier molecular flexibility index (Phi) is 6.60. The maximum atomic E-state index is 13.2. The zero-order chi connectivity index (χ0) is 19.1. The Balaban J connectivity index is 2.29. The van der Waals surface area contributed by atoms with Gasteiger partial charge in [-0.25, -0.2) is 0 Å². The van der Waals surface area contributed by atoms with E-state index in [1.807, 2.05) is 13.8 Å². The van der Waals surface area contributed by atoms with Crippen molar-refractivity contribution in [2.24, 2.45) is 0 Å². The molecule has 0 saturated heterocycles. The highest BCUT2D eigenvalue weighted by Gasteiger charge is 2.28. The molecule has 1 aromatic carbocycles. The molecule has 140 valence electrons. The molecule has 0 unspecified atom stereocenters. The molecule has 0 aliphatic rings. The predicted molar refractivity (Wildman–Crippen MR) is 95.5 cm³/mol. The van der Waals surface area contributed by atoms with Crippen molar-refractivity contribution in [2.45, 2.75) is 26.3 Å². The zero-order valence-electron chi connectivity index (χ0n) is 15.3. The summed E-state index contributed by atoms with van der Waals surface area (Å²) in [5.74, 6) is 0.353. The Labute approximate surface area is 152 Å². The highest BCUT2D eigenvalue weighted by atomic mass is 16.5. The predicted octanol–water partition coefficient (Wildman–Crippen LogP) is 2.57. The summed E-state index contributed by atoms with van der Waals surface area (Å²) >= 11 is 0. The molecule has 0 fully saturated rings. The Bertz CT molecular complexity index is 723. The van der Waals surface area contributed by atoms with Crippen molar-refractivity contribution < 1.29 is 23.6 Å². The van der Waals surface area contributed by atoms with Crippen LogP contribution in [0.25, 0.3) is 0 Å². The lowest BCUT2D eigenvalue weighted by Crippen LogP contribution is -2.43. The first kappa shape index (κ1) is 19.3. The minimum Gasteiger partial charge on any atom is -0.496 e. The number of nitrogens with zero attached hydrogens (tertiary/aromatic N) is 2. The van der Waals surface area contributed by atoms with Gasteiger partial charge in [-0.05, 0) is 25.5 Å². The highest BCUT2D eigenvalue weighted by Crippen LogP contribution is 2.30. The number of amides is 2. The van der Waals surface area contributed by atoms with Crippen molar-refractivity contribution in [2.75, 3.05) is 26.1 Å². The maximum Gasteiger partial charge on any atom is 0.262 e. The summed E-state index contributed by atoms with van der Waals surface area (Å²) in [6.07, 6.45) is 2.04. The fourth-order valence-electron chi connectivity index (χ4n) is 2.47. The van der Waals surface area contributed by atoms with Crippen LogP contribution in [0.2, 0.25) is 0 Å². The van der Waals surface area contributed by atoms with Gasteiger partial charge in [-0.1, -0.05) is 18.1 Å². The van der Waals surface area contributed by atoms with Gasteiger partial charge in [0.05, 0.1) is 14.2 Å². The lowest BCUT2D eigenvalue weighted by molar-refractivity contribution is -0.117. The monoisotopic (exact) mass is 361 g/mol. The smallest absolute Gasteiger partial charge is 0.262 e. The van der Waals surface area contributed by atoms with Crippen molar-refractivity contribution >= 4 is 17.6 Å². The van der Waals surface area contributed by atoms with E-state index in [1.165, 1.54) is 31.4 Å². The first-order valence-corrected chi connectivity index (χ1v) is 8.24. The second-order valence-corrected chi connectivity index (χ2v) is 5.66. The van der Waals surface area contributed by atoms with Crippen LogP contribution in [0.5, 0.6) is 11.5 Å². The van der Waals surface area contributed by atoms with Crippen molar-refractivity contribution in [3.8, 4) is 11.5 Å². The molecule has 0 bridgehead atoms. The number of hydrogen-bond donors (Lipinski definition) is 1. The quantitative estimate of drug-likeness (QED) is 0.777. The molecule has 2 rings (SSSR count). The van der Waals surface area contributed by atoms with Gasteiger partial charge in [0.1, 0.15) is 29.9 Å². The minimum atomic E-state index is -0.374. The third kappa shape index (κ3) is 4.33. The third-order valence-corrected chi connectivity index (χ3v) is 4.04. The van der Waals surface area contributed by atoms with Crippen molar-refractivity contribution in [1.29, 1.82) is 0 Å². The molecule has 8 nitrogen and oxygen atoms in total. The molecule has 0 aliphatic heterocycles. The number of aromatic nitrogens is 1. The Morgan fingerprint density at radius 3 is 2.38 bits per heavy atom. The summed E-state index contributed by atoms with van der Waals surface area (Å²) in [4.78, 5) is 27.0. The molecule has 1 aromatic heterocycles. The van der Waals surface area contributed by atoms with Crippen LogP contribution >= 0.6 is 0 Å². The summed E-state index contributed by atoms with van der Waals surface area (Å²) in [5, 5.41) is 6.23. The number of carbonyl (C=O) groups is 2. The van der Waals surface area contributed by atoms with Crippen LogP contribution < -0.4 is 14.8 Å². The topological polar surface area (TPSA) is 93.9 Å². The number of rotatable bonds is 8. The average molecular weight is 361 g/mol. The van der Waals surface area contributed by atoms with E-state index < -0.39 is 0 Å². The molecule has 0 spiro atoms. The molecule has 2 amide bonds. The molecule has 8 heteroatoms. The van der Waals surface area contributed by atoms with Gasteiger partial charge in [-0.2, -0.15) is 0 Å². The van der Waals surface area contributed by atoms with Crippen molar-refractivity contribution in [1.82, 2.24) is 10.1 Å². The molecule has 0 radical (unpaired) electrons. The first-order valence-electron chi connectivity index (χ1n) is 8.24. The van der Waals surface area contributed by atoms with Gasteiger partial charge in [-0.15, -0.1) is 0 Å². The number of benzene rings is 1. The Morgan fingerprint density at radius 1 is 1.23 bits per heavy atom. The van der Waals surface area contributed by atoms with Gasteiger partial charge in [0, 0.05) is 12.1 Å². The molecular formula is C18H23N3O5. The summed E-state index contributed by atoms with van der Waals surface area (Å²) in [6, 6.07) is 6.45. The number of carbonyl (C=O) groups excluding carboxylic acids is 2. The van der Waals surface area contributed by atoms with Crippen LogP contribution in [0.1, 0.15) is 30.6 Å². The summed E-state index contributed by atoms with van der Waals surface area (Å²) in [5.41, 5.74) is 0.284.